The van der Waals surface area contributed by atoms with Gasteiger partial charge in [0.2, 0.25) is 0 Å². The normalized spacial score (nSPS) is 19.3. The van der Waals surface area contributed by atoms with E-state index in [1.807, 2.05) is 13.0 Å². The van der Waals surface area contributed by atoms with Gasteiger partial charge in [0.05, 0.1) is 0 Å². The Morgan fingerprint density at radius 2 is 2.27 bits per heavy atom. The maximum absolute atomic E-state index is 11.6. The summed E-state index contributed by atoms with van der Waals surface area (Å²) >= 11 is 0. The molecule has 0 saturated carbocycles. The van der Waals surface area contributed by atoms with Gasteiger partial charge in [0.25, 0.3) is 5.91 Å². The third-order valence-corrected chi connectivity index (χ3v) is 2.67. The standard InChI is InChI=1S/C11H11NO3/c1-6-3-2-4-7-8(6)5-9(11(14)15)12-10(7)13/h2-4,9H,5H2,1H3,(H,12,13)(H,14,15). The molecule has 0 radical (unpaired) electrons. The van der Waals surface area contributed by atoms with Gasteiger partial charge in [-0.05, 0) is 24.1 Å². The van der Waals surface area contributed by atoms with Crippen LogP contribution >= 0.6 is 0 Å². The average Bonchev–Trinajstić information content (AvgIpc) is 2.19. The molecule has 1 amide bonds. The topological polar surface area (TPSA) is 66.4 Å². The number of fused-ring (bicyclic) bond motifs is 1. The Balaban J connectivity index is 2.46. The van der Waals surface area contributed by atoms with Crippen LogP contribution in [-0.4, -0.2) is 23.0 Å². The number of aliphatic carboxylic acids is 1. The molecule has 1 unspecified atom stereocenters. The van der Waals surface area contributed by atoms with Crippen LogP contribution in [0.5, 0.6) is 0 Å². The van der Waals surface area contributed by atoms with E-state index in [1.54, 1.807) is 12.1 Å². The number of carbonyl (C=O) groups is 2. The van der Waals surface area contributed by atoms with Crippen LogP contribution in [0.15, 0.2) is 18.2 Å². The predicted octanol–water partition coefficient (Wildman–Crippen LogP) is 0.734. The van der Waals surface area contributed by atoms with E-state index in [0.29, 0.717) is 12.0 Å². The van der Waals surface area contributed by atoms with Gasteiger partial charge in [0.1, 0.15) is 6.04 Å². The Morgan fingerprint density at radius 1 is 1.53 bits per heavy atom. The highest BCUT2D eigenvalue weighted by molar-refractivity contribution is 6.00. The summed E-state index contributed by atoms with van der Waals surface area (Å²) in [5, 5.41) is 11.3. The minimum Gasteiger partial charge on any atom is -0.480 e. The number of amides is 1. The van der Waals surface area contributed by atoms with Crippen LogP contribution in [0, 0.1) is 6.92 Å². The van der Waals surface area contributed by atoms with Gasteiger partial charge in [0.15, 0.2) is 0 Å². The van der Waals surface area contributed by atoms with Crippen LogP contribution in [0.4, 0.5) is 0 Å². The lowest BCUT2D eigenvalue weighted by Gasteiger charge is -2.23. The number of carboxylic acids is 1. The zero-order chi connectivity index (χ0) is 11.0. The van der Waals surface area contributed by atoms with Gasteiger partial charge < -0.3 is 10.4 Å². The molecular formula is C11H11NO3. The van der Waals surface area contributed by atoms with Gasteiger partial charge in [-0.3, -0.25) is 4.79 Å². The van der Waals surface area contributed by atoms with Gasteiger partial charge in [0, 0.05) is 12.0 Å². The number of hydrogen-bond donors (Lipinski definition) is 2. The number of rotatable bonds is 1. The first-order valence-corrected chi connectivity index (χ1v) is 4.72. The van der Waals surface area contributed by atoms with Crippen LogP contribution < -0.4 is 5.32 Å². The minimum absolute atomic E-state index is 0.299. The van der Waals surface area contributed by atoms with E-state index in [-0.39, 0.29) is 5.91 Å². The quantitative estimate of drug-likeness (QED) is 0.710. The largest absolute Gasteiger partial charge is 0.480 e. The van der Waals surface area contributed by atoms with E-state index in [2.05, 4.69) is 5.32 Å². The van der Waals surface area contributed by atoms with E-state index in [9.17, 15) is 9.59 Å². The molecule has 1 aliphatic rings. The number of benzene rings is 1. The summed E-state index contributed by atoms with van der Waals surface area (Å²) in [6.07, 6.45) is 0.364. The molecule has 4 heteroatoms. The molecule has 1 atom stereocenters. The zero-order valence-corrected chi connectivity index (χ0v) is 8.28. The number of aryl methyl sites for hydroxylation is 1. The lowest BCUT2D eigenvalue weighted by molar-refractivity contribution is -0.139. The molecule has 1 aliphatic heterocycles. The third-order valence-electron chi connectivity index (χ3n) is 2.67. The van der Waals surface area contributed by atoms with Crippen LogP contribution in [-0.2, 0) is 11.2 Å². The van der Waals surface area contributed by atoms with Crippen molar-refractivity contribution in [2.45, 2.75) is 19.4 Å². The Bertz CT molecular complexity index is 439. The molecule has 2 N–H and O–H groups in total. The summed E-state index contributed by atoms with van der Waals surface area (Å²) in [5.41, 5.74) is 2.40. The molecule has 0 fully saturated rings. The number of hydrogen-bond acceptors (Lipinski definition) is 2. The molecule has 0 bridgehead atoms. The highest BCUT2D eigenvalue weighted by Gasteiger charge is 2.29. The van der Waals surface area contributed by atoms with Crippen molar-refractivity contribution < 1.29 is 14.7 Å². The number of carbonyl (C=O) groups excluding carboxylic acids is 1. The fourth-order valence-corrected chi connectivity index (χ4v) is 1.83. The molecule has 4 nitrogen and oxygen atoms in total. The van der Waals surface area contributed by atoms with Gasteiger partial charge in [-0.15, -0.1) is 0 Å². The second-order valence-corrected chi connectivity index (χ2v) is 3.67. The van der Waals surface area contributed by atoms with Crippen molar-refractivity contribution in [3.8, 4) is 0 Å². The minimum atomic E-state index is -0.989. The summed E-state index contributed by atoms with van der Waals surface area (Å²) in [6, 6.07) is 4.60. The van der Waals surface area contributed by atoms with Crippen molar-refractivity contribution >= 4 is 11.9 Å². The number of carboxylic acid groups (broad SMARTS) is 1. The predicted molar refractivity (Wildman–Crippen MR) is 53.8 cm³/mol. The number of nitrogens with one attached hydrogen (secondary N) is 1. The summed E-state index contributed by atoms with van der Waals surface area (Å²) in [6.45, 7) is 1.89. The van der Waals surface area contributed by atoms with Gasteiger partial charge in [-0.1, -0.05) is 12.1 Å². The molecule has 0 aromatic heterocycles. The van der Waals surface area contributed by atoms with Gasteiger partial charge in [-0.2, -0.15) is 0 Å². The van der Waals surface area contributed by atoms with E-state index in [0.717, 1.165) is 11.1 Å². The maximum Gasteiger partial charge on any atom is 0.326 e. The fraction of sp³-hybridized carbons (Fsp3) is 0.273. The second-order valence-electron chi connectivity index (χ2n) is 3.67. The summed E-state index contributed by atoms with van der Waals surface area (Å²) < 4.78 is 0. The molecule has 78 valence electrons. The first-order chi connectivity index (χ1) is 7.09. The van der Waals surface area contributed by atoms with Crippen LogP contribution in [0.2, 0.25) is 0 Å². The maximum atomic E-state index is 11.6. The third kappa shape index (κ3) is 1.58. The molecule has 15 heavy (non-hydrogen) atoms. The van der Waals surface area contributed by atoms with E-state index in [4.69, 9.17) is 5.11 Å². The highest BCUT2D eigenvalue weighted by atomic mass is 16.4. The van der Waals surface area contributed by atoms with Crippen LogP contribution in [0.25, 0.3) is 0 Å². The highest BCUT2D eigenvalue weighted by Crippen LogP contribution is 2.20. The van der Waals surface area contributed by atoms with Crippen LogP contribution in [0.1, 0.15) is 21.5 Å². The van der Waals surface area contributed by atoms with Crippen molar-refractivity contribution in [3.63, 3.8) is 0 Å². The Labute approximate surface area is 86.9 Å². The lowest BCUT2D eigenvalue weighted by Crippen LogP contribution is -2.46. The first-order valence-electron chi connectivity index (χ1n) is 4.72. The summed E-state index contributed by atoms with van der Waals surface area (Å²) in [5.74, 6) is -1.29. The SMILES string of the molecule is Cc1cccc2c1CC(C(=O)O)NC2=O. The van der Waals surface area contributed by atoms with Crippen molar-refractivity contribution in [2.75, 3.05) is 0 Å². The monoisotopic (exact) mass is 205 g/mol. The molecule has 0 aliphatic carbocycles. The van der Waals surface area contributed by atoms with Crippen molar-refractivity contribution in [3.05, 3.63) is 34.9 Å². The molecule has 2 rings (SSSR count). The second kappa shape index (κ2) is 3.38. The van der Waals surface area contributed by atoms with Crippen LogP contribution in [0.3, 0.4) is 0 Å². The zero-order valence-electron chi connectivity index (χ0n) is 8.28. The molecular weight excluding hydrogens is 194 g/mol. The molecule has 0 spiro atoms. The fourth-order valence-electron chi connectivity index (χ4n) is 1.83. The smallest absolute Gasteiger partial charge is 0.326 e. The van der Waals surface area contributed by atoms with E-state index in [1.165, 1.54) is 0 Å². The average molecular weight is 205 g/mol. The summed E-state index contributed by atoms with van der Waals surface area (Å²) in [7, 11) is 0. The Kier molecular flexibility index (Phi) is 2.19. The van der Waals surface area contributed by atoms with Gasteiger partial charge in [-0.25, -0.2) is 4.79 Å². The molecule has 0 saturated heterocycles. The summed E-state index contributed by atoms with van der Waals surface area (Å²) in [4.78, 5) is 22.4. The van der Waals surface area contributed by atoms with E-state index < -0.39 is 12.0 Å². The Hall–Kier alpha value is -1.84. The molecule has 1 aromatic rings. The molecule has 1 aromatic carbocycles. The van der Waals surface area contributed by atoms with Crippen molar-refractivity contribution in [1.82, 2.24) is 5.32 Å². The lowest BCUT2D eigenvalue weighted by atomic mass is 9.91. The van der Waals surface area contributed by atoms with E-state index >= 15 is 0 Å². The van der Waals surface area contributed by atoms with Crippen molar-refractivity contribution in [2.24, 2.45) is 0 Å². The van der Waals surface area contributed by atoms with Crippen molar-refractivity contribution in [1.29, 1.82) is 0 Å². The molecule has 1 heterocycles. The first kappa shape index (κ1) is 9.71. The van der Waals surface area contributed by atoms with Gasteiger partial charge >= 0.3 is 5.97 Å². The Morgan fingerprint density at radius 3 is 2.93 bits per heavy atom.